The van der Waals surface area contributed by atoms with Crippen LogP contribution in [0.3, 0.4) is 0 Å². The van der Waals surface area contributed by atoms with Crippen LogP contribution in [-0.4, -0.2) is 26.1 Å². The highest BCUT2D eigenvalue weighted by Crippen LogP contribution is 2.16. The summed E-state index contributed by atoms with van der Waals surface area (Å²) in [5.74, 6) is -5.00. The van der Waals surface area contributed by atoms with Gasteiger partial charge in [0.25, 0.3) is 0 Å². The van der Waals surface area contributed by atoms with Gasteiger partial charge in [-0.1, -0.05) is 5.21 Å². The summed E-state index contributed by atoms with van der Waals surface area (Å²) in [6, 6.07) is 1.64. The monoisotopic (exact) mass is 299 g/mol. The second kappa shape index (κ2) is 6.38. The Hall–Kier alpha value is -2.38. The fraction of sp³-hybridized carbons (Fsp3) is 0.308. The maximum atomic E-state index is 13.1. The lowest BCUT2D eigenvalue weighted by atomic mass is 10.1. The van der Waals surface area contributed by atoms with E-state index in [4.69, 9.17) is 5.11 Å². The highest BCUT2D eigenvalue weighted by Gasteiger charge is 2.12. The Balaban J connectivity index is 2.04. The van der Waals surface area contributed by atoms with E-state index in [0.717, 1.165) is 16.8 Å². The standard InChI is InChI=1S/C13H12F3N3O2/c14-10-5-9(6-11(15)13(10)16)19-7-8(17-18-19)3-1-2-4-12(20)21/h5-7H,1-4H2,(H,20,21). The SMILES string of the molecule is O=C(O)CCCCc1cn(-c2cc(F)c(F)c(F)c2)nn1. The molecule has 1 aromatic heterocycles. The lowest BCUT2D eigenvalue weighted by Crippen LogP contribution is -1.99. The van der Waals surface area contributed by atoms with Crippen LogP contribution in [0, 0.1) is 17.5 Å². The van der Waals surface area contributed by atoms with E-state index in [-0.39, 0.29) is 12.1 Å². The molecule has 0 aliphatic heterocycles. The zero-order chi connectivity index (χ0) is 15.4. The molecule has 0 aliphatic carbocycles. The molecule has 0 atom stereocenters. The van der Waals surface area contributed by atoms with Crippen LogP contribution in [0.15, 0.2) is 18.3 Å². The minimum Gasteiger partial charge on any atom is -0.481 e. The summed E-state index contributed by atoms with van der Waals surface area (Å²) >= 11 is 0. The number of unbranched alkanes of at least 4 members (excludes halogenated alkanes) is 1. The number of carbonyl (C=O) groups is 1. The molecule has 0 aliphatic rings. The van der Waals surface area contributed by atoms with Crippen LogP contribution < -0.4 is 0 Å². The molecule has 0 saturated carbocycles. The summed E-state index contributed by atoms with van der Waals surface area (Å²) < 4.78 is 40.2. The topological polar surface area (TPSA) is 68.0 Å². The molecule has 0 spiro atoms. The maximum Gasteiger partial charge on any atom is 0.303 e. The van der Waals surface area contributed by atoms with Gasteiger partial charge in [0.1, 0.15) is 0 Å². The summed E-state index contributed by atoms with van der Waals surface area (Å²) in [6.07, 6.45) is 3.15. The molecule has 0 bridgehead atoms. The van der Waals surface area contributed by atoms with E-state index >= 15 is 0 Å². The number of aliphatic carboxylic acids is 1. The Labute approximate surface area is 118 Å². The molecule has 8 heteroatoms. The third-order valence-corrected chi connectivity index (χ3v) is 2.85. The molecule has 0 radical (unpaired) electrons. The Bertz CT molecular complexity index is 635. The molecule has 0 unspecified atom stereocenters. The van der Waals surface area contributed by atoms with Crippen molar-refractivity contribution in [2.24, 2.45) is 0 Å². The molecule has 112 valence electrons. The van der Waals surface area contributed by atoms with Gasteiger partial charge in [-0.15, -0.1) is 5.10 Å². The summed E-state index contributed by atoms with van der Waals surface area (Å²) in [4.78, 5) is 10.4. The number of benzene rings is 1. The number of aryl methyl sites for hydroxylation is 1. The van der Waals surface area contributed by atoms with Crippen LogP contribution >= 0.6 is 0 Å². The largest absolute Gasteiger partial charge is 0.481 e. The van der Waals surface area contributed by atoms with Crippen molar-refractivity contribution in [3.8, 4) is 5.69 Å². The van der Waals surface area contributed by atoms with Crippen molar-refractivity contribution in [3.05, 3.63) is 41.5 Å². The Kier molecular flexibility index (Phi) is 4.56. The van der Waals surface area contributed by atoms with Gasteiger partial charge in [-0.05, 0) is 19.3 Å². The van der Waals surface area contributed by atoms with Gasteiger partial charge in [0.05, 0.1) is 17.6 Å². The number of hydrogen-bond acceptors (Lipinski definition) is 3. The van der Waals surface area contributed by atoms with Gasteiger partial charge in [0.2, 0.25) is 0 Å². The second-order valence-corrected chi connectivity index (χ2v) is 4.48. The fourth-order valence-corrected chi connectivity index (χ4v) is 1.80. The molecule has 2 rings (SSSR count). The lowest BCUT2D eigenvalue weighted by Gasteiger charge is -2.01. The zero-order valence-corrected chi connectivity index (χ0v) is 10.9. The highest BCUT2D eigenvalue weighted by atomic mass is 19.2. The van der Waals surface area contributed by atoms with E-state index in [1.54, 1.807) is 0 Å². The number of hydrogen-bond donors (Lipinski definition) is 1. The van der Waals surface area contributed by atoms with E-state index < -0.39 is 23.4 Å². The Morgan fingerprint density at radius 3 is 2.48 bits per heavy atom. The third-order valence-electron chi connectivity index (χ3n) is 2.85. The zero-order valence-electron chi connectivity index (χ0n) is 10.9. The van der Waals surface area contributed by atoms with E-state index in [2.05, 4.69) is 10.3 Å². The van der Waals surface area contributed by atoms with E-state index in [1.165, 1.54) is 6.20 Å². The minimum absolute atomic E-state index is 0.0238. The third kappa shape index (κ3) is 3.80. The van der Waals surface area contributed by atoms with Crippen molar-refractivity contribution in [1.29, 1.82) is 0 Å². The average Bonchev–Trinajstić information content (AvgIpc) is 2.89. The molecule has 1 aromatic carbocycles. The van der Waals surface area contributed by atoms with E-state index in [0.29, 0.717) is 25.0 Å². The molecule has 21 heavy (non-hydrogen) atoms. The maximum absolute atomic E-state index is 13.1. The minimum atomic E-state index is -1.53. The first-order chi connectivity index (χ1) is 9.97. The highest BCUT2D eigenvalue weighted by molar-refractivity contribution is 5.66. The van der Waals surface area contributed by atoms with Gasteiger partial charge >= 0.3 is 5.97 Å². The number of carboxylic acids is 1. The Morgan fingerprint density at radius 2 is 1.86 bits per heavy atom. The van der Waals surface area contributed by atoms with Crippen LogP contribution in [0.25, 0.3) is 5.69 Å². The fourth-order valence-electron chi connectivity index (χ4n) is 1.80. The first-order valence-electron chi connectivity index (χ1n) is 6.25. The normalized spacial score (nSPS) is 10.8. The number of aromatic nitrogens is 3. The van der Waals surface area contributed by atoms with Gasteiger partial charge in [-0.3, -0.25) is 4.79 Å². The first kappa shape index (κ1) is 15.0. The molecule has 5 nitrogen and oxygen atoms in total. The molecule has 1 heterocycles. The molecule has 0 amide bonds. The predicted octanol–water partition coefficient (Wildman–Crippen LogP) is 2.48. The van der Waals surface area contributed by atoms with Crippen molar-refractivity contribution in [2.45, 2.75) is 25.7 Å². The molecule has 0 saturated heterocycles. The average molecular weight is 299 g/mol. The van der Waals surface area contributed by atoms with Gasteiger partial charge in [0.15, 0.2) is 17.5 Å². The molecule has 1 N–H and O–H groups in total. The summed E-state index contributed by atoms with van der Waals surface area (Å²) in [6.45, 7) is 0. The number of rotatable bonds is 6. The molecule has 2 aromatic rings. The second-order valence-electron chi connectivity index (χ2n) is 4.48. The predicted molar refractivity (Wildman–Crippen MR) is 66.4 cm³/mol. The Morgan fingerprint density at radius 1 is 1.19 bits per heavy atom. The van der Waals surface area contributed by atoms with Gasteiger partial charge in [-0.2, -0.15) is 0 Å². The van der Waals surface area contributed by atoms with Crippen LogP contribution in [0.5, 0.6) is 0 Å². The van der Waals surface area contributed by atoms with E-state index in [9.17, 15) is 18.0 Å². The van der Waals surface area contributed by atoms with Crippen LogP contribution in [0.1, 0.15) is 25.0 Å². The quantitative estimate of drug-likeness (QED) is 0.657. The number of carboxylic acid groups (broad SMARTS) is 1. The van der Waals surface area contributed by atoms with Gasteiger partial charge in [-0.25, -0.2) is 17.9 Å². The summed E-state index contributed by atoms with van der Waals surface area (Å²) in [5.41, 5.74) is 0.584. The van der Waals surface area contributed by atoms with E-state index in [1.807, 2.05) is 0 Å². The molecular formula is C13H12F3N3O2. The molecule has 0 fully saturated rings. The van der Waals surface area contributed by atoms with Crippen molar-refractivity contribution < 1.29 is 23.1 Å². The molecular weight excluding hydrogens is 287 g/mol. The van der Waals surface area contributed by atoms with Gasteiger partial charge < -0.3 is 5.11 Å². The number of halogens is 3. The van der Waals surface area contributed by atoms with Crippen LogP contribution in [0.2, 0.25) is 0 Å². The van der Waals surface area contributed by atoms with Crippen molar-refractivity contribution in [1.82, 2.24) is 15.0 Å². The summed E-state index contributed by atoms with van der Waals surface area (Å²) in [7, 11) is 0. The smallest absolute Gasteiger partial charge is 0.303 e. The summed E-state index contributed by atoms with van der Waals surface area (Å²) in [5, 5.41) is 16.0. The lowest BCUT2D eigenvalue weighted by molar-refractivity contribution is -0.137. The van der Waals surface area contributed by atoms with Crippen molar-refractivity contribution >= 4 is 5.97 Å². The van der Waals surface area contributed by atoms with Gasteiger partial charge in [0, 0.05) is 18.6 Å². The van der Waals surface area contributed by atoms with Crippen molar-refractivity contribution in [2.75, 3.05) is 0 Å². The number of nitrogens with zero attached hydrogens (tertiary/aromatic N) is 3. The van der Waals surface area contributed by atoms with Crippen molar-refractivity contribution in [3.63, 3.8) is 0 Å². The van der Waals surface area contributed by atoms with Crippen LogP contribution in [0.4, 0.5) is 13.2 Å². The van der Waals surface area contributed by atoms with Crippen LogP contribution in [-0.2, 0) is 11.2 Å². The first-order valence-corrected chi connectivity index (χ1v) is 6.25.